The van der Waals surface area contributed by atoms with E-state index in [1.54, 1.807) is 6.92 Å². The summed E-state index contributed by atoms with van der Waals surface area (Å²) in [6, 6.07) is -0.230. The lowest BCUT2D eigenvalue weighted by atomic mass is 10.1. The molecule has 0 bridgehead atoms. The zero-order valence-electron chi connectivity index (χ0n) is 8.22. The maximum Gasteiger partial charge on any atom is 0.243 e. The minimum atomic E-state index is -0.230. The molecule has 4 nitrogen and oxygen atoms in total. The Morgan fingerprint density at radius 3 is 3.00 bits per heavy atom. The minimum Gasteiger partial charge on any atom is -0.305 e. The van der Waals surface area contributed by atoms with Crippen LogP contribution in [0.2, 0.25) is 0 Å². The first-order chi connectivity index (χ1) is 6.74. The van der Waals surface area contributed by atoms with Gasteiger partial charge in [-0.05, 0) is 13.3 Å². The standard InChI is InChI=1S/C10H14N2O2/c1-2-3-4-7-11-8-5-6-9(13)12-10(8)14/h8,11H,4-7H2,1H3,(H,12,13,14). The molecule has 1 saturated heterocycles. The van der Waals surface area contributed by atoms with Crippen molar-refractivity contribution in [3.63, 3.8) is 0 Å². The van der Waals surface area contributed by atoms with Crippen molar-refractivity contribution in [1.29, 1.82) is 0 Å². The second-order valence-electron chi connectivity index (χ2n) is 3.13. The number of rotatable bonds is 3. The van der Waals surface area contributed by atoms with Crippen molar-refractivity contribution < 1.29 is 9.59 Å². The van der Waals surface area contributed by atoms with Gasteiger partial charge in [-0.3, -0.25) is 14.9 Å². The Hall–Kier alpha value is -1.34. The topological polar surface area (TPSA) is 58.2 Å². The van der Waals surface area contributed by atoms with Gasteiger partial charge in [0, 0.05) is 19.4 Å². The van der Waals surface area contributed by atoms with Crippen molar-refractivity contribution in [2.24, 2.45) is 0 Å². The predicted octanol–water partition coefficient (Wildman–Crippen LogP) is -0.205. The van der Waals surface area contributed by atoms with Crippen LogP contribution in [-0.2, 0) is 9.59 Å². The van der Waals surface area contributed by atoms with E-state index in [4.69, 9.17) is 0 Å². The highest BCUT2D eigenvalue weighted by molar-refractivity contribution is 6.00. The van der Waals surface area contributed by atoms with E-state index < -0.39 is 0 Å². The van der Waals surface area contributed by atoms with Gasteiger partial charge >= 0.3 is 0 Å². The second-order valence-corrected chi connectivity index (χ2v) is 3.13. The number of carbonyl (C=O) groups is 2. The highest BCUT2D eigenvalue weighted by atomic mass is 16.2. The molecule has 2 amide bonds. The van der Waals surface area contributed by atoms with Gasteiger partial charge in [0.05, 0.1) is 6.04 Å². The maximum absolute atomic E-state index is 11.2. The summed E-state index contributed by atoms with van der Waals surface area (Å²) in [5.74, 6) is 5.28. The Kier molecular flexibility index (Phi) is 4.14. The average molecular weight is 194 g/mol. The number of piperidine rings is 1. The molecule has 0 aromatic rings. The Bertz CT molecular complexity index is 288. The molecular formula is C10H14N2O2. The Morgan fingerprint density at radius 1 is 1.57 bits per heavy atom. The normalized spacial score (nSPS) is 21.1. The molecular weight excluding hydrogens is 180 g/mol. The van der Waals surface area contributed by atoms with Gasteiger partial charge in [-0.2, -0.15) is 0 Å². The Labute approximate surface area is 83.4 Å². The monoisotopic (exact) mass is 194 g/mol. The highest BCUT2D eigenvalue weighted by Crippen LogP contribution is 2.03. The quantitative estimate of drug-likeness (QED) is 0.371. The molecule has 1 heterocycles. The van der Waals surface area contributed by atoms with Gasteiger partial charge in [-0.1, -0.05) is 0 Å². The van der Waals surface area contributed by atoms with E-state index in [1.165, 1.54) is 0 Å². The van der Waals surface area contributed by atoms with Crippen LogP contribution in [0.15, 0.2) is 0 Å². The highest BCUT2D eigenvalue weighted by Gasteiger charge is 2.25. The summed E-state index contributed by atoms with van der Waals surface area (Å²) >= 11 is 0. The van der Waals surface area contributed by atoms with Gasteiger partial charge in [-0.15, -0.1) is 11.8 Å². The fourth-order valence-corrected chi connectivity index (χ4v) is 1.32. The summed E-state index contributed by atoms with van der Waals surface area (Å²) in [7, 11) is 0. The van der Waals surface area contributed by atoms with E-state index in [-0.39, 0.29) is 17.9 Å². The molecule has 2 N–H and O–H groups in total. The molecule has 1 unspecified atom stereocenters. The van der Waals surface area contributed by atoms with Crippen LogP contribution in [0.1, 0.15) is 26.2 Å². The van der Waals surface area contributed by atoms with E-state index in [0.29, 0.717) is 19.4 Å². The van der Waals surface area contributed by atoms with Crippen molar-refractivity contribution in [1.82, 2.24) is 10.6 Å². The van der Waals surface area contributed by atoms with Crippen molar-refractivity contribution in [2.75, 3.05) is 6.54 Å². The lowest BCUT2D eigenvalue weighted by Crippen LogP contribution is -2.50. The van der Waals surface area contributed by atoms with Gasteiger partial charge in [0.2, 0.25) is 11.8 Å². The SMILES string of the molecule is CC#CCCNC1CCC(=O)NC1=O. The summed E-state index contributed by atoms with van der Waals surface area (Å²) in [5, 5.41) is 5.35. The molecule has 0 aliphatic carbocycles. The van der Waals surface area contributed by atoms with Crippen LogP contribution in [-0.4, -0.2) is 24.4 Å². The molecule has 1 rings (SSSR count). The Morgan fingerprint density at radius 2 is 2.36 bits per heavy atom. The summed E-state index contributed by atoms with van der Waals surface area (Å²) < 4.78 is 0. The zero-order valence-corrected chi connectivity index (χ0v) is 8.22. The van der Waals surface area contributed by atoms with Crippen molar-refractivity contribution >= 4 is 11.8 Å². The molecule has 1 fully saturated rings. The molecule has 1 atom stereocenters. The van der Waals surface area contributed by atoms with Gasteiger partial charge in [0.1, 0.15) is 0 Å². The summed E-state index contributed by atoms with van der Waals surface area (Å²) in [6.45, 7) is 2.47. The molecule has 0 radical (unpaired) electrons. The Balaban J connectivity index is 2.26. The van der Waals surface area contributed by atoms with Gasteiger partial charge in [-0.25, -0.2) is 0 Å². The summed E-state index contributed by atoms with van der Waals surface area (Å²) in [5.41, 5.74) is 0. The van der Waals surface area contributed by atoms with Crippen LogP contribution in [0.5, 0.6) is 0 Å². The van der Waals surface area contributed by atoms with Crippen LogP contribution >= 0.6 is 0 Å². The number of amides is 2. The van der Waals surface area contributed by atoms with Crippen molar-refractivity contribution in [3.8, 4) is 11.8 Å². The number of carbonyl (C=O) groups excluding carboxylic acids is 2. The first-order valence-electron chi connectivity index (χ1n) is 4.70. The van der Waals surface area contributed by atoms with Crippen molar-refractivity contribution in [2.45, 2.75) is 32.2 Å². The third-order valence-electron chi connectivity index (χ3n) is 2.06. The van der Waals surface area contributed by atoms with Gasteiger partial charge in [0.25, 0.3) is 0 Å². The fraction of sp³-hybridized carbons (Fsp3) is 0.600. The second kappa shape index (κ2) is 5.40. The summed E-state index contributed by atoms with van der Waals surface area (Å²) in [4.78, 5) is 22.1. The van der Waals surface area contributed by atoms with Crippen LogP contribution < -0.4 is 10.6 Å². The molecule has 1 aliphatic heterocycles. The molecule has 76 valence electrons. The lowest BCUT2D eigenvalue weighted by Gasteiger charge is -2.21. The molecule has 0 spiro atoms. The zero-order chi connectivity index (χ0) is 10.4. The lowest BCUT2D eigenvalue weighted by molar-refractivity contribution is -0.134. The first kappa shape index (κ1) is 10.7. The minimum absolute atomic E-state index is 0.179. The van der Waals surface area contributed by atoms with Crippen LogP contribution in [0.25, 0.3) is 0 Å². The molecule has 4 heteroatoms. The van der Waals surface area contributed by atoms with E-state index in [2.05, 4.69) is 22.5 Å². The number of nitrogens with one attached hydrogen (secondary N) is 2. The molecule has 0 aromatic heterocycles. The van der Waals surface area contributed by atoms with Crippen LogP contribution in [0.3, 0.4) is 0 Å². The number of hydrogen-bond donors (Lipinski definition) is 2. The van der Waals surface area contributed by atoms with E-state index >= 15 is 0 Å². The molecule has 0 saturated carbocycles. The summed E-state index contributed by atoms with van der Waals surface area (Å²) in [6.07, 6.45) is 1.74. The first-order valence-corrected chi connectivity index (χ1v) is 4.70. The predicted molar refractivity (Wildman–Crippen MR) is 52.2 cm³/mol. The average Bonchev–Trinajstić information content (AvgIpc) is 2.15. The van der Waals surface area contributed by atoms with Gasteiger partial charge in [0.15, 0.2) is 0 Å². The third-order valence-corrected chi connectivity index (χ3v) is 2.06. The van der Waals surface area contributed by atoms with Crippen molar-refractivity contribution in [3.05, 3.63) is 0 Å². The maximum atomic E-state index is 11.2. The van der Waals surface area contributed by atoms with E-state index in [9.17, 15) is 9.59 Å². The van der Waals surface area contributed by atoms with Crippen LogP contribution in [0, 0.1) is 11.8 Å². The van der Waals surface area contributed by atoms with E-state index in [0.717, 1.165) is 6.42 Å². The largest absolute Gasteiger partial charge is 0.305 e. The van der Waals surface area contributed by atoms with Gasteiger partial charge < -0.3 is 5.32 Å². The van der Waals surface area contributed by atoms with Crippen LogP contribution in [0.4, 0.5) is 0 Å². The molecule has 14 heavy (non-hydrogen) atoms. The third kappa shape index (κ3) is 3.19. The number of imide groups is 1. The number of hydrogen-bond acceptors (Lipinski definition) is 3. The van der Waals surface area contributed by atoms with E-state index in [1.807, 2.05) is 0 Å². The molecule has 1 aliphatic rings. The fourth-order valence-electron chi connectivity index (χ4n) is 1.32. The smallest absolute Gasteiger partial charge is 0.243 e. The molecule has 0 aromatic carbocycles.